The standard InChI is InChI=1S/C10H8ClNO2/c11-9(10(13)14)5-7-2-1-3-8(4-7)6-12/h1-4,9H,5H2,(H,13,14). The molecular formula is C10H8ClNO2. The van der Waals surface area contributed by atoms with Gasteiger partial charge in [0, 0.05) is 0 Å². The summed E-state index contributed by atoms with van der Waals surface area (Å²) in [6, 6.07) is 8.73. The zero-order chi connectivity index (χ0) is 10.6. The van der Waals surface area contributed by atoms with Gasteiger partial charge in [-0.2, -0.15) is 5.26 Å². The number of carboxylic acids is 1. The molecule has 0 radical (unpaired) electrons. The molecule has 1 aromatic rings. The Morgan fingerprint density at radius 2 is 2.36 bits per heavy atom. The van der Waals surface area contributed by atoms with Crippen molar-refractivity contribution in [2.75, 3.05) is 0 Å². The second-order valence-corrected chi connectivity index (χ2v) is 3.35. The fraction of sp³-hybridized carbons (Fsp3) is 0.200. The van der Waals surface area contributed by atoms with Crippen molar-refractivity contribution in [1.29, 1.82) is 5.26 Å². The molecule has 72 valence electrons. The quantitative estimate of drug-likeness (QED) is 0.773. The highest BCUT2D eigenvalue weighted by molar-refractivity contribution is 6.29. The summed E-state index contributed by atoms with van der Waals surface area (Å²) in [4.78, 5) is 10.5. The Morgan fingerprint density at radius 3 is 2.93 bits per heavy atom. The largest absolute Gasteiger partial charge is 0.480 e. The summed E-state index contributed by atoms with van der Waals surface area (Å²) in [7, 11) is 0. The third-order valence-electron chi connectivity index (χ3n) is 1.74. The minimum Gasteiger partial charge on any atom is -0.480 e. The number of carboxylic acid groups (broad SMARTS) is 1. The molecule has 0 bridgehead atoms. The van der Waals surface area contributed by atoms with E-state index in [1.165, 1.54) is 0 Å². The van der Waals surface area contributed by atoms with Gasteiger partial charge in [-0.3, -0.25) is 4.79 Å². The zero-order valence-corrected chi connectivity index (χ0v) is 8.03. The number of nitriles is 1. The predicted molar refractivity (Wildman–Crippen MR) is 52.1 cm³/mol. The van der Waals surface area contributed by atoms with E-state index in [-0.39, 0.29) is 6.42 Å². The van der Waals surface area contributed by atoms with Gasteiger partial charge in [-0.25, -0.2) is 0 Å². The lowest BCUT2D eigenvalue weighted by molar-refractivity contribution is -0.136. The van der Waals surface area contributed by atoms with Crippen LogP contribution in [0.2, 0.25) is 0 Å². The Bertz CT molecular complexity index is 384. The summed E-state index contributed by atoms with van der Waals surface area (Å²) < 4.78 is 0. The lowest BCUT2D eigenvalue weighted by Gasteiger charge is -2.03. The Labute approximate surface area is 86.5 Å². The molecule has 0 aromatic heterocycles. The minimum absolute atomic E-state index is 0.229. The first-order chi connectivity index (χ1) is 6.63. The van der Waals surface area contributed by atoms with Gasteiger partial charge in [0.05, 0.1) is 11.6 Å². The van der Waals surface area contributed by atoms with Gasteiger partial charge in [0.2, 0.25) is 0 Å². The summed E-state index contributed by atoms with van der Waals surface area (Å²) in [6.07, 6.45) is 0.229. The molecule has 0 saturated heterocycles. The van der Waals surface area contributed by atoms with Crippen molar-refractivity contribution in [3.8, 4) is 6.07 Å². The molecule has 3 nitrogen and oxygen atoms in total. The first-order valence-corrected chi connectivity index (χ1v) is 4.43. The van der Waals surface area contributed by atoms with Crippen LogP contribution in [0.15, 0.2) is 24.3 Å². The molecule has 0 spiro atoms. The minimum atomic E-state index is -1.05. The van der Waals surface area contributed by atoms with Crippen LogP contribution in [-0.2, 0) is 11.2 Å². The number of carbonyl (C=O) groups is 1. The average Bonchev–Trinajstić information content (AvgIpc) is 2.18. The monoisotopic (exact) mass is 209 g/mol. The number of halogens is 1. The van der Waals surface area contributed by atoms with Crippen molar-refractivity contribution in [3.05, 3.63) is 35.4 Å². The van der Waals surface area contributed by atoms with E-state index in [9.17, 15) is 4.79 Å². The van der Waals surface area contributed by atoms with E-state index in [0.29, 0.717) is 5.56 Å². The molecule has 0 amide bonds. The Morgan fingerprint density at radius 1 is 1.64 bits per heavy atom. The lowest BCUT2D eigenvalue weighted by Crippen LogP contribution is -2.15. The number of hydrogen-bond donors (Lipinski definition) is 1. The number of rotatable bonds is 3. The molecule has 0 aliphatic heterocycles. The smallest absolute Gasteiger partial charge is 0.321 e. The maximum atomic E-state index is 10.5. The van der Waals surface area contributed by atoms with Crippen LogP contribution in [0.1, 0.15) is 11.1 Å². The number of benzene rings is 1. The Kier molecular flexibility index (Phi) is 3.49. The molecule has 4 heteroatoms. The normalized spacial score (nSPS) is 11.7. The van der Waals surface area contributed by atoms with Crippen LogP contribution in [0.25, 0.3) is 0 Å². The van der Waals surface area contributed by atoms with Crippen molar-refractivity contribution in [2.45, 2.75) is 11.8 Å². The molecule has 0 aliphatic rings. The number of nitrogens with zero attached hydrogens (tertiary/aromatic N) is 1. The first kappa shape index (κ1) is 10.6. The predicted octanol–water partition coefficient (Wildman–Crippen LogP) is 1.79. The molecule has 0 saturated carbocycles. The highest BCUT2D eigenvalue weighted by Crippen LogP contribution is 2.10. The molecule has 1 atom stereocenters. The second-order valence-electron chi connectivity index (χ2n) is 2.82. The SMILES string of the molecule is N#Cc1cccc(CC(Cl)C(=O)O)c1. The van der Waals surface area contributed by atoms with E-state index < -0.39 is 11.3 Å². The van der Waals surface area contributed by atoms with E-state index in [4.69, 9.17) is 22.0 Å². The lowest BCUT2D eigenvalue weighted by atomic mass is 10.1. The van der Waals surface area contributed by atoms with Crippen LogP contribution in [0.3, 0.4) is 0 Å². The number of aliphatic carboxylic acids is 1. The van der Waals surface area contributed by atoms with E-state index in [1.807, 2.05) is 6.07 Å². The summed E-state index contributed by atoms with van der Waals surface area (Å²) in [6.45, 7) is 0. The van der Waals surface area contributed by atoms with Crippen molar-refractivity contribution in [3.63, 3.8) is 0 Å². The molecule has 14 heavy (non-hydrogen) atoms. The van der Waals surface area contributed by atoms with E-state index in [1.54, 1.807) is 24.3 Å². The van der Waals surface area contributed by atoms with Crippen molar-refractivity contribution in [2.24, 2.45) is 0 Å². The van der Waals surface area contributed by atoms with Crippen LogP contribution in [0, 0.1) is 11.3 Å². The maximum Gasteiger partial charge on any atom is 0.321 e. The Balaban J connectivity index is 2.78. The van der Waals surface area contributed by atoms with Crippen molar-refractivity contribution >= 4 is 17.6 Å². The van der Waals surface area contributed by atoms with E-state index in [2.05, 4.69) is 0 Å². The average molecular weight is 210 g/mol. The highest BCUT2D eigenvalue weighted by atomic mass is 35.5. The zero-order valence-electron chi connectivity index (χ0n) is 7.27. The molecule has 0 aliphatic carbocycles. The van der Waals surface area contributed by atoms with Gasteiger partial charge in [-0.05, 0) is 24.1 Å². The molecule has 0 heterocycles. The second kappa shape index (κ2) is 4.64. The fourth-order valence-corrected chi connectivity index (χ4v) is 1.24. The fourth-order valence-electron chi connectivity index (χ4n) is 1.06. The third-order valence-corrected chi connectivity index (χ3v) is 2.08. The molecule has 1 rings (SSSR count). The van der Waals surface area contributed by atoms with Gasteiger partial charge < -0.3 is 5.11 Å². The van der Waals surface area contributed by atoms with Crippen LogP contribution < -0.4 is 0 Å². The van der Waals surface area contributed by atoms with E-state index >= 15 is 0 Å². The van der Waals surface area contributed by atoms with Crippen LogP contribution in [0.4, 0.5) is 0 Å². The van der Waals surface area contributed by atoms with Crippen LogP contribution in [0.5, 0.6) is 0 Å². The van der Waals surface area contributed by atoms with Gasteiger partial charge >= 0.3 is 5.97 Å². The molecule has 1 unspecified atom stereocenters. The summed E-state index contributed by atoms with van der Waals surface area (Å²) in [5, 5.41) is 16.2. The van der Waals surface area contributed by atoms with Crippen molar-refractivity contribution < 1.29 is 9.90 Å². The van der Waals surface area contributed by atoms with Crippen LogP contribution in [-0.4, -0.2) is 16.5 Å². The summed E-state index contributed by atoms with van der Waals surface area (Å²) in [5.74, 6) is -1.05. The topological polar surface area (TPSA) is 61.1 Å². The van der Waals surface area contributed by atoms with Gasteiger partial charge in [0.1, 0.15) is 5.38 Å². The molecular weight excluding hydrogens is 202 g/mol. The van der Waals surface area contributed by atoms with E-state index in [0.717, 1.165) is 5.56 Å². The summed E-state index contributed by atoms with van der Waals surface area (Å²) >= 11 is 5.56. The molecule has 0 fully saturated rings. The third kappa shape index (κ3) is 2.75. The van der Waals surface area contributed by atoms with Crippen LogP contribution >= 0.6 is 11.6 Å². The van der Waals surface area contributed by atoms with Gasteiger partial charge in [0.15, 0.2) is 0 Å². The Hall–Kier alpha value is -1.53. The first-order valence-electron chi connectivity index (χ1n) is 3.99. The number of alkyl halides is 1. The van der Waals surface area contributed by atoms with Crippen molar-refractivity contribution in [1.82, 2.24) is 0 Å². The molecule has 1 N–H and O–H groups in total. The highest BCUT2D eigenvalue weighted by Gasteiger charge is 2.13. The summed E-state index contributed by atoms with van der Waals surface area (Å²) in [5.41, 5.74) is 1.27. The van der Waals surface area contributed by atoms with Gasteiger partial charge in [0.25, 0.3) is 0 Å². The number of hydrogen-bond acceptors (Lipinski definition) is 2. The van der Waals surface area contributed by atoms with Gasteiger partial charge in [-0.15, -0.1) is 11.6 Å². The maximum absolute atomic E-state index is 10.5. The van der Waals surface area contributed by atoms with Gasteiger partial charge in [-0.1, -0.05) is 12.1 Å². The molecule has 1 aromatic carbocycles.